The molecule has 0 saturated carbocycles. The van der Waals surface area contributed by atoms with Crippen molar-refractivity contribution in [3.8, 4) is 5.75 Å². The maximum atomic E-state index is 10.3. The Hall–Kier alpha value is -1.71. The van der Waals surface area contributed by atoms with Gasteiger partial charge in [-0.25, -0.2) is 4.79 Å². The van der Waals surface area contributed by atoms with Crippen LogP contribution in [-0.4, -0.2) is 24.4 Å². The second-order valence-corrected chi connectivity index (χ2v) is 3.88. The van der Waals surface area contributed by atoms with Gasteiger partial charge in [0.1, 0.15) is 5.75 Å². The topological polar surface area (TPSA) is 58.6 Å². The van der Waals surface area contributed by atoms with E-state index in [2.05, 4.69) is 11.4 Å². The van der Waals surface area contributed by atoms with E-state index in [4.69, 9.17) is 9.84 Å². The molecule has 1 heterocycles. The van der Waals surface area contributed by atoms with Gasteiger partial charge in [-0.3, -0.25) is 0 Å². The number of aryl methyl sites for hydroxylation is 1. The average molecular weight is 221 g/mol. The second kappa shape index (κ2) is 4.88. The summed E-state index contributed by atoms with van der Waals surface area (Å²) in [6.07, 6.45) is 1.87. The third-order valence-corrected chi connectivity index (χ3v) is 2.67. The molecule has 0 aliphatic carbocycles. The van der Waals surface area contributed by atoms with Crippen molar-refractivity contribution in [2.24, 2.45) is 0 Å². The number of hydrogen-bond donors (Lipinski definition) is 2. The van der Waals surface area contributed by atoms with E-state index in [-0.39, 0.29) is 0 Å². The molecule has 0 unspecified atom stereocenters. The highest BCUT2D eigenvalue weighted by Gasteiger charge is 2.10. The Morgan fingerprint density at radius 1 is 1.50 bits per heavy atom. The van der Waals surface area contributed by atoms with Gasteiger partial charge in [-0.15, -0.1) is 0 Å². The minimum absolute atomic E-state index is 0.439. The van der Waals surface area contributed by atoms with Crippen molar-refractivity contribution < 1.29 is 14.6 Å². The van der Waals surface area contributed by atoms with Gasteiger partial charge < -0.3 is 15.2 Å². The molecule has 0 radical (unpaired) electrons. The van der Waals surface area contributed by atoms with Crippen molar-refractivity contribution >= 4 is 6.09 Å². The second-order valence-electron chi connectivity index (χ2n) is 3.88. The van der Waals surface area contributed by atoms with Crippen LogP contribution in [0.25, 0.3) is 0 Å². The van der Waals surface area contributed by atoms with Gasteiger partial charge in [0, 0.05) is 6.54 Å². The van der Waals surface area contributed by atoms with Crippen molar-refractivity contribution in [1.82, 2.24) is 5.32 Å². The third-order valence-electron chi connectivity index (χ3n) is 2.67. The summed E-state index contributed by atoms with van der Waals surface area (Å²) in [5.41, 5.74) is 2.36. The van der Waals surface area contributed by atoms with Crippen LogP contribution in [0.1, 0.15) is 17.5 Å². The zero-order valence-corrected chi connectivity index (χ0v) is 9.03. The fourth-order valence-electron chi connectivity index (χ4n) is 1.85. The lowest BCUT2D eigenvalue weighted by atomic mass is 10.0. The minimum atomic E-state index is -0.978. The lowest BCUT2D eigenvalue weighted by Gasteiger charge is -2.17. The molecule has 0 atom stereocenters. The summed E-state index contributed by atoms with van der Waals surface area (Å²) in [5, 5.41) is 10.8. The van der Waals surface area contributed by atoms with Gasteiger partial charge in [0.2, 0.25) is 0 Å². The molecule has 86 valence electrons. The number of benzene rings is 1. The molecule has 0 fully saturated rings. The summed E-state index contributed by atoms with van der Waals surface area (Å²) in [7, 11) is 0. The quantitative estimate of drug-likeness (QED) is 0.818. The van der Waals surface area contributed by atoms with Crippen LogP contribution < -0.4 is 10.1 Å². The highest BCUT2D eigenvalue weighted by Crippen LogP contribution is 2.25. The normalized spacial score (nSPS) is 13.8. The van der Waals surface area contributed by atoms with Gasteiger partial charge >= 0.3 is 6.09 Å². The number of rotatable bonds is 3. The first-order valence-corrected chi connectivity index (χ1v) is 5.47. The Bertz CT molecular complexity index is 390. The Kier molecular flexibility index (Phi) is 3.29. The fourth-order valence-corrected chi connectivity index (χ4v) is 1.85. The Balaban J connectivity index is 1.97. The highest BCUT2D eigenvalue weighted by atomic mass is 16.5. The van der Waals surface area contributed by atoms with E-state index in [9.17, 15) is 4.79 Å². The van der Waals surface area contributed by atoms with Crippen molar-refractivity contribution in [2.75, 3.05) is 13.2 Å². The van der Waals surface area contributed by atoms with Crippen molar-refractivity contribution in [2.45, 2.75) is 19.3 Å². The standard InChI is InChI=1S/C12H15NO3/c14-12(15)13-6-5-9-3-4-10-2-1-7-16-11(10)8-9/h3-4,8,13H,1-2,5-7H2,(H,14,15). The summed E-state index contributed by atoms with van der Waals surface area (Å²) >= 11 is 0. The van der Waals surface area contributed by atoms with Gasteiger partial charge in [-0.1, -0.05) is 12.1 Å². The summed E-state index contributed by atoms with van der Waals surface area (Å²) < 4.78 is 5.55. The van der Waals surface area contributed by atoms with E-state index in [0.717, 1.165) is 30.8 Å². The van der Waals surface area contributed by atoms with Crippen molar-refractivity contribution in [1.29, 1.82) is 0 Å². The smallest absolute Gasteiger partial charge is 0.404 e. The molecule has 1 aromatic rings. The van der Waals surface area contributed by atoms with Gasteiger partial charge in [-0.2, -0.15) is 0 Å². The molecule has 2 N–H and O–H groups in total. The predicted octanol–water partition coefficient (Wildman–Crippen LogP) is 1.82. The molecule has 0 bridgehead atoms. The highest BCUT2D eigenvalue weighted by molar-refractivity contribution is 5.64. The monoisotopic (exact) mass is 221 g/mol. The molecule has 0 saturated heterocycles. The molecule has 1 aliphatic rings. The Morgan fingerprint density at radius 3 is 3.19 bits per heavy atom. The average Bonchev–Trinajstić information content (AvgIpc) is 2.28. The molecule has 0 spiro atoms. The maximum absolute atomic E-state index is 10.3. The lowest BCUT2D eigenvalue weighted by molar-refractivity contribution is 0.194. The zero-order valence-electron chi connectivity index (χ0n) is 9.03. The molecule has 4 nitrogen and oxygen atoms in total. The van der Waals surface area contributed by atoms with E-state index in [1.54, 1.807) is 0 Å². The van der Waals surface area contributed by atoms with E-state index in [1.165, 1.54) is 5.56 Å². The predicted molar refractivity (Wildman–Crippen MR) is 60.0 cm³/mol. The number of carboxylic acid groups (broad SMARTS) is 1. The van der Waals surface area contributed by atoms with Crippen LogP contribution >= 0.6 is 0 Å². The summed E-state index contributed by atoms with van der Waals surface area (Å²) in [4.78, 5) is 10.3. The molecule has 1 aromatic carbocycles. The van der Waals surface area contributed by atoms with Crippen LogP contribution in [0.4, 0.5) is 4.79 Å². The first-order chi connectivity index (χ1) is 7.75. The fraction of sp³-hybridized carbons (Fsp3) is 0.417. The van der Waals surface area contributed by atoms with E-state index in [1.807, 2.05) is 12.1 Å². The largest absolute Gasteiger partial charge is 0.493 e. The van der Waals surface area contributed by atoms with Crippen LogP contribution in [-0.2, 0) is 12.8 Å². The number of amides is 1. The summed E-state index contributed by atoms with van der Waals surface area (Å²) in [6.45, 7) is 1.22. The molecule has 16 heavy (non-hydrogen) atoms. The molecule has 0 aromatic heterocycles. The molecule has 4 heteroatoms. The van der Waals surface area contributed by atoms with Gasteiger partial charge in [0.05, 0.1) is 6.61 Å². The SMILES string of the molecule is O=C(O)NCCc1ccc2c(c1)OCCC2. The molecule has 1 amide bonds. The number of carbonyl (C=O) groups is 1. The number of ether oxygens (including phenoxy) is 1. The number of fused-ring (bicyclic) bond motifs is 1. The van der Waals surface area contributed by atoms with Crippen LogP contribution in [0.5, 0.6) is 5.75 Å². The van der Waals surface area contributed by atoms with Crippen molar-refractivity contribution in [3.63, 3.8) is 0 Å². The zero-order chi connectivity index (χ0) is 11.4. The van der Waals surface area contributed by atoms with Gasteiger partial charge in [0.15, 0.2) is 0 Å². The van der Waals surface area contributed by atoms with Crippen LogP contribution in [0.3, 0.4) is 0 Å². The van der Waals surface area contributed by atoms with E-state index >= 15 is 0 Å². The number of hydrogen-bond acceptors (Lipinski definition) is 2. The van der Waals surface area contributed by atoms with Crippen LogP contribution in [0.15, 0.2) is 18.2 Å². The van der Waals surface area contributed by atoms with Gasteiger partial charge in [-0.05, 0) is 36.5 Å². The van der Waals surface area contributed by atoms with Gasteiger partial charge in [0.25, 0.3) is 0 Å². The Morgan fingerprint density at radius 2 is 2.38 bits per heavy atom. The molecular weight excluding hydrogens is 206 g/mol. The lowest BCUT2D eigenvalue weighted by Crippen LogP contribution is -2.23. The number of nitrogens with one attached hydrogen (secondary N) is 1. The van der Waals surface area contributed by atoms with E-state index in [0.29, 0.717) is 13.0 Å². The van der Waals surface area contributed by atoms with Crippen molar-refractivity contribution in [3.05, 3.63) is 29.3 Å². The summed E-state index contributed by atoms with van der Waals surface area (Å²) in [6, 6.07) is 6.12. The molecule has 2 rings (SSSR count). The maximum Gasteiger partial charge on any atom is 0.404 e. The van der Waals surface area contributed by atoms with E-state index < -0.39 is 6.09 Å². The third kappa shape index (κ3) is 2.66. The minimum Gasteiger partial charge on any atom is -0.493 e. The molecular formula is C12H15NO3. The Labute approximate surface area is 94.2 Å². The molecule has 1 aliphatic heterocycles. The summed E-state index contributed by atoms with van der Waals surface area (Å²) in [5.74, 6) is 0.957. The van der Waals surface area contributed by atoms with Crippen LogP contribution in [0.2, 0.25) is 0 Å². The first-order valence-electron chi connectivity index (χ1n) is 5.47. The van der Waals surface area contributed by atoms with Crippen LogP contribution in [0, 0.1) is 0 Å². The first kappa shape index (κ1) is 10.8.